The molecule has 5 heterocycles. The molecule has 2 fully saturated rings. The van der Waals surface area contributed by atoms with Gasteiger partial charge in [0, 0.05) is 60.5 Å². The van der Waals surface area contributed by atoms with Crippen LogP contribution >= 0.6 is 23.2 Å². The number of sulfonamides is 1. The van der Waals surface area contributed by atoms with Crippen molar-refractivity contribution in [3.63, 3.8) is 0 Å². The van der Waals surface area contributed by atoms with Gasteiger partial charge in [-0.25, -0.2) is 17.7 Å². The predicted octanol–water partition coefficient (Wildman–Crippen LogP) is 5.17. The second-order valence-corrected chi connectivity index (χ2v) is 13.5. The Bertz CT molecular complexity index is 1710. The number of aromatic nitrogens is 4. The molecule has 39 heavy (non-hydrogen) atoms. The molecule has 1 spiro atoms. The number of halogens is 2. The van der Waals surface area contributed by atoms with Gasteiger partial charge in [-0.05, 0) is 50.6 Å². The fourth-order valence-corrected chi connectivity index (χ4v) is 7.25. The minimum absolute atomic E-state index is 0.0468. The SMILES string of the molecule is Cc1cc(-c2n[nH]c3ccc(OC(C)c4c(Cl)cnc(C)c4Cl)cc23)cnc1N1CC2(C1)CN(S(C)(=O)=O)C2. The molecule has 2 aliphatic rings. The lowest BCUT2D eigenvalue weighted by molar-refractivity contribution is 0.0394. The lowest BCUT2D eigenvalue weighted by Gasteiger charge is -2.59. The molecule has 3 aromatic heterocycles. The number of hydrogen-bond acceptors (Lipinski definition) is 7. The summed E-state index contributed by atoms with van der Waals surface area (Å²) in [6.07, 6.45) is 4.30. The van der Waals surface area contributed by atoms with Crippen molar-refractivity contribution in [2.24, 2.45) is 5.41 Å². The minimum atomic E-state index is -3.12. The van der Waals surface area contributed by atoms with Crippen molar-refractivity contribution >= 4 is 49.9 Å². The number of hydrogen-bond donors (Lipinski definition) is 1. The maximum Gasteiger partial charge on any atom is 0.211 e. The summed E-state index contributed by atoms with van der Waals surface area (Å²) in [4.78, 5) is 11.2. The van der Waals surface area contributed by atoms with Gasteiger partial charge in [0.05, 0.1) is 27.5 Å². The van der Waals surface area contributed by atoms with E-state index in [0.717, 1.165) is 46.6 Å². The third-order valence-electron chi connectivity index (χ3n) is 7.61. The summed E-state index contributed by atoms with van der Waals surface area (Å²) in [5, 5.41) is 9.53. The number of nitrogens with one attached hydrogen (secondary N) is 1. The van der Waals surface area contributed by atoms with Crippen LogP contribution < -0.4 is 9.64 Å². The zero-order chi connectivity index (χ0) is 27.7. The van der Waals surface area contributed by atoms with Gasteiger partial charge in [0.1, 0.15) is 23.4 Å². The number of anilines is 1. The first kappa shape index (κ1) is 26.3. The first-order chi connectivity index (χ1) is 18.4. The van der Waals surface area contributed by atoms with Crippen LogP contribution in [0.1, 0.15) is 29.8 Å². The summed E-state index contributed by atoms with van der Waals surface area (Å²) in [7, 11) is -3.12. The molecular formula is C27H28Cl2N6O3S. The predicted molar refractivity (Wildman–Crippen MR) is 153 cm³/mol. The normalized spacial score (nSPS) is 17.7. The number of fused-ring (bicyclic) bond motifs is 1. The molecule has 204 valence electrons. The van der Waals surface area contributed by atoms with Crippen LogP contribution in [-0.4, -0.2) is 65.3 Å². The number of rotatable bonds is 6. The standard InChI is InChI=1S/C27H28Cl2N6O3S/c1-15-7-18(9-31-26(15)34-11-27(12-34)13-35(14-27)39(4,36)37)25-20-8-19(5-6-22(20)32-33-25)38-17(3)23-21(28)10-30-16(2)24(23)29/h5-10,17H,11-14H2,1-4H3,(H,32,33). The van der Waals surface area contributed by atoms with Gasteiger partial charge in [0.2, 0.25) is 10.0 Å². The van der Waals surface area contributed by atoms with Gasteiger partial charge in [-0.1, -0.05) is 23.2 Å². The lowest BCUT2D eigenvalue weighted by Crippen LogP contribution is -2.73. The second kappa shape index (κ2) is 9.33. The van der Waals surface area contributed by atoms with Crippen molar-refractivity contribution in [2.75, 3.05) is 37.3 Å². The summed E-state index contributed by atoms with van der Waals surface area (Å²) >= 11 is 12.9. The fourth-order valence-electron chi connectivity index (χ4n) is 5.58. The molecule has 1 atom stereocenters. The number of aryl methyl sites for hydroxylation is 2. The van der Waals surface area contributed by atoms with Crippen molar-refractivity contribution in [2.45, 2.75) is 26.9 Å². The van der Waals surface area contributed by atoms with Gasteiger partial charge in [-0.3, -0.25) is 10.1 Å². The highest BCUT2D eigenvalue weighted by Crippen LogP contribution is 2.43. The van der Waals surface area contributed by atoms with E-state index in [4.69, 9.17) is 32.9 Å². The molecule has 12 heteroatoms. The Balaban J connectivity index is 1.21. The van der Waals surface area contributed by atoms with Crippen LogP contribution in [0.5, 0.6) is 5.75 Å². The van der Waals surface area contributed by atoms with Gasteiger partial charge in [0.25, 0.3) is 0 Å². The maximum atomic E-state index is 11.7. The molecule has 0 amide bonds. The van der Waals surface area contributed by atoms with E-state index in [1.807, 2.05) is 45.2 Å². The minimum Gasteiger partial charge on any atom is -0.486 e. The van der Waals surface area contributed by atoms with Crippen LogP contribution in [-0.2, 0) is 10.0 Å². The Labute approximate surface area is 237 Å². The quantitative estimate of drug-likeness (QED) is 0.332. The van der Waals surface area contributed by atoms with E-state index < -0.39 is 10.0 Å². The van der Waals surface area contributed by atoms with Crippen molar-refractivity contribution in [3.8, 4) is 17.0 Å². The Morgan fingerprint density at radius 1 is 1.08 bits per heavy atom. The van der Waals surface area contributed by atoms with Crippen LogP contribution in [0.25, 0.3) is 22.2 Å². The average Bonchev–Trinajstić information content (AvgIpc) is 3.23. The largest absolute Gasteiger partial charge is 0.486 e. The molecule has 1 N–H and O–H groups in total. The second-order valence-electron chi connectivity index (χ2n) is 10.7. The Kier molecular flexibility index (Phi) is 6.29. The van der Waals surface area contributed by atoms with Gasteiger partial charge in [0.15, 0.2) is 0 Å². The first-order valence-corrected chi connectivity index (χ1v) is 15.2. The van der Waals surface area contributed by atoms with E-state index in [2.05, 4.69) is 26.1 Å². The van der Waals surface area contributed by atoms with Gasteiger partial charge in [-0.2, -0.15) is 5.10 Å². The van der Waals surface area contributed by atoms with Gasteiger partial charge in [-0.15, -0.1) is 0 Å². The zero-order valence-corrected chi connectivity index (χ0v) is 24.3. The smallest absolute Gasteiger partial charge is 0.211 e. The van der Waals surface area contributed by atoms with E-state index in [1.165, 1.54) is 10.6 Å². The van der Waals surface area contributed by atoms with Crippen LogP contribution in [0.4, 0.5) is 5.82 Å². The molecule has 9 nitrogen and oxygen atoms in total. The highest BCUT2D eigenvalue weighted by molar-refractivity contribution is 7.88. The summed E-state index contributed by atoms with van der Waals surface area (Å²) in [5.74, 6) is 1.58. The van der Waals surface area contributed by atoms with Gasteiger partial charge < -0.3 is 9.64 Å². The summed E-state index contributed by atoms with van der Waals surface area (Å²) in [6.45, 7) is 8.56. The highest BCUT2D eigenvalue weighted by atomic mass is 35.5. The summed E-state index contributed by atoms with van der Waals surface area (Å²) in [5.41, 5.74) is 5.04. The summed E-state index contributed by atoms with van der Waals surface area (Å²) in [6, 6.07) is 7.85. The molecule has 0 aliphatic carbocycles. The van der Waals surface area contributed by atoms with Crippen LogP contribution in [0, 0.1) is 19.3 Å². The number of ether oxygens (including phenoxy) is 1. The first-order valence-electron chi connectivity index (χ1n) is 12.6. The maximum absolute atomic E-state index is 11.7. The molecule has 0 saturated carbocycles. The Morgan fingerprint density at radius 2 is 1.82 bits per heavy atom. The molecule has 4 aromatic rings. The van der Waals surface area contributed by atoms with E-state index in [0.29, 0.717) is 40.1 Å². The number of pyridine rings is 2. The van der Waals surface area contributed by atoms with Crippen LogP contribution in [0.3, 0.4) is 0 Å². The van der Waals surface area contributed by atoms with Crippen molar-refractivity contribution in [1.29, 1.82) is 0 Å². The van der Waals surface area contributed by atoms with Crippen molar-refractivity contribution in [3.05, 3.63) is 63.5 Å². The molecule has 1 unspecified atom stereocenters. The lowest BCUT2D eigenvalue weighted by atomic mass is 9.74. The molecule has 0 bridgehead atoms. The van der Waals surface area contributed by atoms with Crippen molar-refractivity contribution in [1.82, 2.24) is 24.5 Å². The van der Waals surface area contributed by atoms with E-state index in [9.17, 15) is 8.42 Å². The van der Waals surface area contributed by atoms with Crippen LogP contribution in [0.2, 0.25) is 10.0 Å². The van der Waals surface area contributed by atoms with Crippen LogP contribution in [0.15, 0.2) is 36.7 Å². The zero-order valence-electron chi connectivity index (χ0n) is 22.0. The summed E-state index contributed by atoms with van der Waals surface area (Å²) < 4.78 is 31.3. The number of nitrogens with zero attached hydrogens (tertiary/aromatic N) is 5. The van der Waals surface area contributed by atoms with Gasteiger partial charge >= 0.3 is 0 Å². The molecule has 6 rings (SSSR count). The van der Waals surface area contributed by atoms with Crippen molar-refractivity contribution < 1.29 is 13.2 Å². The number of aromatic amines is 1. The third kappa shape index (κ3) is 4.63. The molecule has 0 radical (unpaired) electrons. The fraction of sp³-hybridized carbons (Fsp3) is 0.370. The third-order valence-corrected chi connectivity index (χ3v) is 9.58. The number of H-pyrrole nitrogens is 1. The Hall–Kier alpha value is -2.92. The monoisotopic (exact) mass is 586 g/mol. The number of benzene rings is 1. The molecule has 2 aliphatic heterocycles. The highest BCUT2D eigenvalue weighted by Gasteiger charge is 2.54. The molecule has 2 saturated heterocycles. The molecule has 1 aromatic carbocycles. The van der Waals surface area contributed by atoms with E-state index >= 15 is 0 Å². The van der Waals surface area contributed by atoms with E-state index in [-0.39, 0.29) is 11.5 Å². The van der Waals surface area contributed by atoms with E-state index in [1.54, 1.807) is 6.20 Å². The molecular weight excluding hydrogens is 559 g/mol. The average molecular weight is 588 g/mol. The Morgan fingerprint density at radius 3 is 2.51 bits per heavy atom. The topological polar surface area (TPSA) is 104 Å².